The normalized spacial score (nSPS) is 12.4. The standard InChI is InChI=1S/C13H25N5O/c1-4-6-11(3)15-13(19)10-18-9-12(16-17-18)8-14-7-5-2/h9,11,14H,4-8,10H2,1-3H3,(H,15,19). The lowest BCUT2D eigenvalue weighted by molar-refractivity contribution is -0.122. The Labute approximate surface area is 115 Å². The summed E-state index contributed by atoms with van der Waals surface area (Å²) in [6.07, 6.45) is 4.96. The molecule has 0 bridgehead atoms. The van der Waals surface area contributed by atoms with Gasteiger partial charge in [0.1, 0.15) is 6.54 Å². The number of rotatable bonds is 9. The highest BCUT2D eigenvalue weighted by atomic mass is 16.2. The molecule has 2 N–H and O–H groups in total. The minimum atomic E-state index is -0.0149. The van der Waals surface area contributed by atoms with E-state index in [0.29, 0.717) is 6.54 Å². The van der Waals surface area contributed by atoms with Crippen LogP contribution in [0.5, 0.6) is 0 Å². The van der Waals surface area contributed by atoms with Crippen molar-refractivity contribution in [3.05, 3.63) is 11.9 Å². The Balaban J connectivity index is 2.34. The molecular formula is C13H25N5O. The lowest BCUT2D eigenvalue weighted by Gasteiger charge is -2.12. The fourth-order valence-corrected chi connectivity index (χ4v) is 1.86. The van der Waals surface area contributed by atoms with Crippen molar-refractivity contribution in [2.75, 3.05) is 6.54 Å². The SMILES string of the molecule is CCCNCc1cn(CC(=O)NC(C)CCC)nn1. The predicted molar refractivity (Wildman–Crippen MR) is 74.5 cm³/mol. The molecule has 1 aromatic heterocycles. The molecule has 1 heterocycles. The van der Waals surface area contributed by atoms with Crippen LogP contribution in [0.15, 0.2) is 6.20 Å². The molecule has 6 nitrogen and oxygen atoms in total. The number of hydrogen-bond acceptors (Lipinski definition) is 4. The van der Waals surface area contributed by atoms with Gasteiger partial charge >= 0.3 is 0 Å². The van der Waals surface area contributed by atoms with Crippen molar-refractivity contribution in [1.82, 2.24) is 25.6 Å². The number of carbonyl (C=O) groups excluding carboxylic acids is 1. The summed E-state index contributed by atoms with van der Waals surface area (Å²) in [5.74, 6) is -0.0149. The summed E-state index contributed by atoms with van der Waals surface area (Å²) >= 11 is 0. The number of amides is 1. The largest absolute Gasteiger partial charge is 0.352 e. The van der Waals surface area contributed by atoms with Crippen LogP contribution in [0.3, 0.4) is 0 Å². The van der Waals surface area contributed by atoms with Gasteiger partial charge in [-0.05, 0) is 26.3 Å². The molecule has 108 valence electrons. The average molecular weight is 267 g/mol. The molecule has 1 aromatic rings. The Bertz CT molecular complexity index is 377. The molecule has 6 heteroatoms. The van der Waals surface area contributed by atoms with Crippen molar-refractivity contribution in [2.24, 2.45) is 0 Å². The second kappa shape index (κ2) is 8.63. The Morgan fingerprint density at radius 3 is 2.89 bits per heavy atom. The molecule has 1 rings (SSSR count). The van der Waals surface area contributed by atoms with Crippen LogP contribution in [-0.2, 0) is 17.9 Å². The van der Waals surface area contributed by atoms with Gasteiger partial charge in [-0.25, -0.2) is 4.68 Å². The Hall–Kier alpha value is -1.43. The van der Waals surface area contributed by atoms with Gasteiger partial charge in [0.2, 0.25) is 5.91 Å². The highest BCUT2D eigenvalue weighted by Gasteiger charge is 2.08. The van der Waals surface area contributed by atoms with Crippen LogP contribution in [0, 0.1) is 0 Å². The van der Waals surface area contributed by atoms with Crippen molar-refractivity contribution in [3.63, 3.8) is 0 Å². The molecule has 0 aliphatic rings. The summed E-state index contributed by atoms with van der Waals surface area (Å²) in [6, 6.07) is 0.215. The quantitative estimate of drug-likeness (QED) is 0.657. The maximum Gasteiger partial charge on any atom is 0.242 e. The summed E-state index contributed by atoms with van der Waals surface area (Å²) in [5.41, 5.74) is 0.864. The smallest absolute Gasteiger partial charge is 0.242 e. The fraction of sp³-hybridized carbons (Fsp3) is 0.769. The molecule has 0 spiro atoms. The van der Waals surface area contributed by atoms with E-state index in [-0.39, 0.29) is 18.5 Å². The number of aromatic nitrogens is 3. The topological polar surface area (TPSA) is 71.8 Å². The van der Waals surface area contributed by atoms with E-state index in [2.05, 4.69) is 34.8 Å². The highest BCUT2D eigenvalue weighted by Crippen LogP contribution is 1.96. The minimum absolute atomic E-state index is 0.0149. The van der Waals surface area contributed by atoms with Crippen LogP contribution >= 0.6 is 0 Å². The van der Waals surface area contributed by atoms with Crippen molar-refractivity contribution < 1.29 is 4.79 Å². The predicted octanol–water partition coefficient (Wildman–Crippen LogP) is 1.08. The zero-order valence-corrected chi connectivity index (χ0v) is 12.1. The molecule has 1 unspecified atom stereocenters. The zero-order chi connectivity index (χ0) is 14.1. The number of nitrogens with zero attached hydrogens (tertiary/aromatic N) is 3. The van der Waals surface area contributed by atoms with Gasteiger partial charge in [-0.2, -0.15) is 0 Å². The van der Waals surface area contributed by atoms with Gasteiger partial charge in [-0.15, -0.1) is 5.10 Å². The van der Waals surface area contributed by atoms with Crippen molar-refractivity contribution in [3.8, 4) is 0 Å². The highest BCUT2D eigenvalue weighted by molar-refractivity contribution is 5.75. The number of carbonyl (C=O) groups is 1. The number of nitrogens with one attached hydrogen (secondary N) is 2. The maximum absolute atomic E-state index is 11.8. The van der Waals surface area contributed by atoms with Gasteiger partial charge in [0, 0.05) is 12.6 Å². The zero-order valence-electron chi connectivity index (χ0n) is 12.1. The summed E-state index contributed by atoms with van der Waals surface area (Å²) < 4.78 is 1.58. The first-order valence-electron chi connectivity index (χ1n) is 7.04. The van der Waals surface area contributed by atoms with E-state index in [1.807, 2.05) is 13.1 Å². The second-order valence-corrected chi connectivity index (χ2v) is 4.84. The second-order valence-electron chi connectivity index (χ2n) is 4.84. The molecule has 0 fully saturated rings. The van der Waals surface area contributed by atoms with E-state index in [1.165, 1.54) is 0 Å². The van der Waals surface area contributed by atoms with E-state index < -0.39 is 0 Å². The first-order valence-corrected chi connectivity index (χ1v) is 7.04. The van der Waals surface area contributed by atoms with E-state index in [1.54, 1.807) is 4.68 Å². The van der Waals surface area contributed by atoms with Crippen LogP contribution in [0.1, 0.15) is 45.7 Å². The van der Waals surface area contributed by atoms with Crippen molar-refractivity contribution in [2.45, 2.75) is 59.2 Å². The summed E-state index contributed by atoms with van der Waals surface area (Å²) in [4.78, 5) is 11.8. The lowest BCUT2D eigenvalue weighted by atomic mass is 10.2. The van der Waals surface area contributed by atoms with Crippen LogP contribution in [0.25, 0.3) is 0 Å². The Morgan fingerprint density at radius 2 is 2.21 bits per heavy atom. The molecule has 0 aliphatic carbocycles. The molecule has 0 aliphatic heterocycles. The summed E-state index contributed by atoms with van der Waals surface area (Å²) in [5, 5.41) is 14.2. The lowest BCUT2D eigenvalue weighted by Crippen LogP contribution is -2.35. The Morgan fingerprint density at radius 1 is 1.42 bits per heavy atom. The monoisotopic (exact) mass is 267 g/mol. The van der Waals surface area contributed by atoms with Crippen LogP contribution < -0.4 is 10.6 Å². The van der Waals surface area contributed by atoms with E-state index in [0.717, 1.165) is 31.5 Å². The molecule has 1 atom stereocenters. The molecule has 0 aromatic carbocycles. The maximum atomic E-state index is 11.8. The molecule has 0 saturated heterocycles. The van der Waals surface area contributed by atoms with Gasteiger partial charge in [0.05, 0.1) is 11.9 Å². The van der Waals surface area contributed by atoms with Crippen molar-refractivity contribution in [1.29, 1.82) is 0 Å². The summed E-state index contributed by atoms with van der Waals surface area (Å²) in [7, 11) is 0. The van der Waals surface area contributed by atoms with Crippen molar-refractivity contribution >= 4 is 5.91 Å². The molecule has 0 radical (unpaired) electrons. The van der Waals surface area contributed by atoms with Gasteiger partial charge in [0.15, 0.2) is 0 Å². The van der Waals surface area contributed by atoms with E-state index in [4.69, 9.17) is 0 Å². The third-order valence-electron chi connectivity index (χ3n) is 2.75. The molecule has 0 saturated carbocycles. The van der Waals surface area contributed by atoms with Gasteiger partial charge < -0.3 is 10.6 Å². The van der Waals surface area contributed by atoms with Crippen LogP contribution in [0.2, 0.25) is 0 Å². The Kier molecular flexibility index (Phi) is 7.10. The van der Waals surface area contributed by atoms with Crippen LogP contribution in [-0.4, -0.2) is 33.5 Å². The van der Waals surface area contributed by atoms with Gasteiger partial charge in [0.25, 0.3) is 0 Å². The average Bonchev–Trinajstić information content (AvgIpc) is 2.77. The third kappa shape index (κ3) is 6.33. The van der Waals surface area contributed by atoms with E-state index >= 15 is 0 Å². The molecular weight excluding hydrogens is 242 g/mol. The van der Waals surface area contributed by atoms with E-state index in [9.17, 15) is 4.79 Å². The molecule has 1 amide bonds. The first kappa shape index (κ1) is 15.6. The van der Waals surface area contributed by atoms with Gasteiger partial charge in [-0.3, -0.25) is 4.79 Å². The molecule has 19 heavy (non-hydrogen) atoms. The summed E-state index contributed by atoms with van der Waals surface area (Å²) in [6.45, 7) is 8.13. The third-order valence-corrected chi connectivity index (χ3v) is 2.75. The minimum Gasteiger partial charge on any atom is -0.352 e. The number of hydrogen-bond donors (Lipinski definition) is 2. The van der Waals surface area contributed by atoms with Gasteiger partial charge in [-0.1, -0.05) is 25.5 Å². The fourth-order valence-electron chi connectivity index (χ4n) is 1.86. The first-order chi connectivity index (χ1) is 9.15. The van der Waals surface area contributed by atoms with Crippen LogP contribution in [0.4, 0.5) is 0 Å².